The van der Waals surface area contributed by atoms with Gasteiger partial charge in [-0.05, 0) is 6.08 Å². The normalized spacial score (nSPS) is 15.7. The van der Waals surface area contributed by atoms with E-state index in [9.17, 15) is 4.79 Å². The summed E-state index contributed by atoms with van der Waals surface area (Å²) in [6, 6.07) is 1.73. The lowest BCUT2D eigenvalue weighted by Crippen LogP contribution is -2.08. The van der Waals surface area contributed by atoms with Gasteiger partial charge in [0.25, 0.3) is 0 Å². The summed E-state index contributed by atoms with van der Waals surface area (Å²) in [5.74, 6) is 0.352. The summed E-state index contributed by atoms with van der Waals surface area (Å²) < 4.78 is 4.69. The van der Waals surface area contributed by atoms with Gasteiger partial charge in [-0.15, -0.1) is 0 Å². The average Bonchev–Trinajstić information content (AvgIpc) is 2.65. The fourth-order valence-corrected chi connectivity index (χ4v) is 0.934. The van der Waals surface area contributed by atoms with E-state index in [1.807, 2.05) is 0 Å². The predicted octanol–water partition coefficient (Wildman–Crippen LogP) is 0.262. The van der Waals surface area contributed by atoms with Crippen molar-refractivity contribution in [3.05, 3.63) is 24.0 Å². The van der Waals surface area contributed by atoms with Crippen LogP contribution in [0.2, 0.25) is 0 Å². The van der Waals surface area contributed by atoms with Crippen LogP contribution in [0.4, 0.5) is 5.82 Å². The van der Waals surface area contributed by atoms with Crippen LogP contribution in [0.3, 0.4) is 0 Å². The van der Waals surface area contributed by atoms with Crippen molar-refractivity contribution in [2.24, 2.45) is 0 Å². The molecular formula is C7H7N3O2. The molecule has 5 nitrogen and oxygen atoms in total. The third-order valence-corrected chi connectivity index (χ3v) is 1.49. The highest BCUT2D eigenvalue weighted by Gasteiger charge is 2.16. The maximum Gasteiger partial charge on any atom is 0.354 e. The fraction of sp³-hybridized carbons (Fsp3) is 0.143. The van der Waals surface area contributed by atoms with Crippen LogP contribution in [0.5, 0.6) is 0 Å². The standard InChI is InChI=1S/C7H7N3O2/c11-7-5(2-4-12-7)9-6-1-3-8-10-6/h1-3H,4H2,(H2,8,9,10). The van der Waals surface area contributed by atoms with Crippen LogP contribution in [0.25, 0.3) is 0 Å². The van der Waals surface area contributed by atoms with Crippen LogP contribution in [-0.2, 0) is 9.53 Å². The summed E-state index contributed by atoms with van der Waals surface area (Å²) in [6.07, 6.45) is 3.28. The van der Waals surface area contributed by atoms with Gasteiger partial charge in [0.05, 0.1) is 6.20 Å². The third kappa shape index (κ3) is 1.16. The summed E-state index contributed by atoms with van der Waals surface area (Å²) in [5.41, 5.74) is 0.458. The molecule has 0 aromatic carbocycles. The lowest BCUT2D eigenvalue weighted by Gasteiger charge is -1.99. The van der Waals surface area contributed by atoms with Gasteiger partial charge in [0.1, 0.15) is 18.1 Å². The molecule has 0 aliphatic carbocycles. The van der Waals surface area contributed by atoms with Gasteiger partial charge in [0.2, 0.25) is 0 Å². The van der Waals surface area contributed by atoms with Crippen molar-refractivity contribution in [3.63, 3.8) is 0 Å². The molecule has 1 aliphatic heterocycles. The highest BCUT2D eigenvalue weighted by molar-refractivity contribution is 5.93. The van der Waals surface area contributed by atoms with Gasteiger partial charge in [-0.1, -0.05) is 0 Å². The molecule has 62 valence electrons. The Morgan fingerprint density at radius 3 is 3.17 bits per heavy atom. The Hall–Kier alpha value is -1.78. The van der Waals surface area contributed by atoms with Gasteiger partial charge in [0.15, 0.2) is 0 Å². The van der Waals surface area contributed by atoms with Crippen molar-refractivity contribution in [1.29, 1.82) is 0 Å². The molecule has 1 aliphatic rings. The molecule has 0 saturated carbocycles. The second-order valence-electron chi connectivity index (χ2n) is 2.31. The Labute approximate surface area is 68.4 Å². The van der Waals surface area contributed by atoms with Gasteiger partial charge in [-0.25, -0.2) is 4.79 Å². The summed E-state index contributed by atoms with van der Waals surface area (Å²) in [6.45, 7) is 0.343. The fourth-order valence-electron chi connectivity index (χ4n) is 0.934. The maximum absolute atomic E-state index is 10.9. The van der Waals surface area contributed by atoms with Gasteiger partial charge >= 0.3 is 5.97 Å². The predicted molar refractivity (Wildman–Crippen MR) is 41.3 cm³/mol. The molecule has 1 aromatic heterocycles. The number of ether oxygens (including phenoxy) is 1. The van der Waals surface area contributed by atoms with Gasteiger partial charge in [-0.3, -0.25) is 5.10 Å². The van der Waals surface area contributed by atoms with E-state index < -0.39 is 0 Å². The summed E-state index contributed by atoms with van der Waals surface area (Å²) in [7, 11) is 0. The number of aromatic nitrogens is 2. The van der Waals surface area contributed by atoms with Crippen LogP contribution in [0.1, 0.15) is 0 Å². The zero-order valence-electron chi connectivity index (χ0n) is 6.20. The molecule has 0 spiro atoms. The number of rotatable bonds is 2. The maximum atomic E-state index is 10.9. The molecule has 2 N–H and O–H groups in total. The molecule has 2 rings (SSSR count). The van der Waals surface area contributed by atoms with Crippen LogP contribution in [-0.4, -0.2) is 22.8 Å². The molecule has 0 unspecified atom stereocenters. The molecule has 12 heavy (non-hydrogen) atoms. The Kier molecular flexibility index (Phi) is 1.55. The van der Waals surface area contributed by atoms with E-state index in [-0.39, 0.29) is 5.97 Å². The summed E-state index contributed by atoms with van der Waals surface area (Å²) in [4.78, 5) is 10.9. The van der Waals surface area contributed by atoms with Crippen molar-refractivity contribution in [2.75, 3.05) is 11.9 Å². The van der Waals surface area contributed by atoms with Gasteiger partial charge < -0.3 is 10.1 Å². The molecule has 0 radical (unpaired) electrons. The minimum absolute atomic E-state index is 0.329. The van der Waals surface area contributed by atoms with Crippen LogP contribution in [0, 0.1) is 0 Å². The number of H-pyrrole nitrogens is 1. The molecule has 0 saturated heterocycles. The van der Waals surface area contributed by atoms with Crippen LogP contribution < -0.4 is 5.32 Å². The number of nitrogens with one attached hydrogen (secondary N) is 2. The smallest absolute Gasteiger partial charge is 0.354 e. The number of carbonyl (C=O) groups is 1. The van der Waals surface area contributed by atoms with Crippen molar-refractivity contribution in [2.45, 2.75) is 0 Å². The number of anilines is 1. The van der Waals surface area contributed by atoms with Crippen LogP contribution in [0.15, 0.2) is 24.0 Å². The van der Waals surface area contributed by atoms with Crippen LogP contribution >= 0.6 is 0 Å². The number of hydrogen-bond acceptors (Lipinski definition) is 4. The number of carbonyl (C=O) groups excluding carboxylic acids is 1. The molecule has 0 bridgehead atoms. The van der Waals surface area contributed by atoms with E-state index in [0.717, 1.165) is 0 Å². The van der Waals surface area contributed by atoms with Crippen molar-refractivity contribution < 1.29 is 9.53 Å². The minimum atomic E-state index is -0.329. The second-order valence-corrected chi connectivity index (χ2v) is 2.31. The Morgan fingerprint density at radius 1 is 1.67 bits per heavy atom. The lowest BCUT2D eigenvalue weighted by molar-refractivity contribution is -0.135. The summed E-state index contributed by atoms with van der Waals surface area (Å²) in [5, 5.41) is 9.24. The number of nitrogens with zero attached hydrogens (tertiary/aromatic N) is 1. The van der Waals surface area contributed by atoms with Gasteiger partial charge in [-0.2, -0.15) is 5.10 Å². The molecular weight excluding hydrogens is 158 g/mol. The Morgan fingerprint density at radius 2 is 2.58 bits per heavy atom. The number of aromatic amines is 1. The van der Waals surface area contributed by atoms with Gasteiger partial charge in [0, 0.05) is 6.07 Å². The molecule has 0 fully saturated rings. The quantitative estimate of drug-likeness (QED) is 0.617. The van der Waals surface area contributed by atoms with E-state index in [4.69, 9.17) is 0 Å². The lowest BCUT2D eigenvalue weighted by atomic mass is 10.4. The first kappa shape index (κ1) is 6.90. The number of esters is 1. The first-order valence-electron chi connectivity index (χ1n) is 3.50. The van der Waals surface area contributed by atoms with E-state index in [0.29, 0.717) is 18.1 Å². The zero-order valence-corrected chi connectivity index (χ0v) is 6.20. The molecule has 2 heterocycles. The highest BCUT2D eigenvalue weighted by atomic mass is 16.5. The van der Waals surface area contributed by atoms with Crippen molar-refractivity contribution in [1.82, 2.24) is 10.2 Å². The highest BCUT2D eigenvalue weighted by Crippen LogP contribution is 2.09. The molecule has 0 amide bonds. The summed E-state index contributed by atoms with van der Waals surface area (Å²) >= 11 is 0. The number of hydrogen-bond donors (Lipinski definition) is 2. The van der Waals surface area contributed by atoms with Crippen molar-refractivity contribution in [3.8, 4) is 0 Å². The molecule has 5 heteroatoms. The third-order valence-electron chi connectivity index (χ3n) is 1.49. The minimum Gasteiger partial charge on any atom is -0.457 e. The monoisotopic (exact) mass is 165 g/mol. The topological polar surface area (TPSA) is 67.0 Å². The average molecular weight is 165 g/mol. The second kappa shape index (κ2) is 2.69. The first-order chi connectivity index (χ1) is 5.86. The van der Waals surface area contributed by atoms with E-state index >= 15 is 0 Å². The molecule has 0 atom stereocenters. The Bertz CT molecular complexity index is 315. The number of cyclic esters (lactones) is 1. The zero-order chi connectivity index (χ0) is 8.39. The largest absolute Gasteiger partial charge is 0.457 e. The van der Waals surface area contributed by atoms with E-state index in [1.54, 1.807) is 18.3 Å². The Balaban J connectivity index is 2.09. The van der Waals surface area contributed by atoms with Crippen molar-refractivity contribution >= 4 is 11.8 Å². The van der Waals surface area contributed by atoms with E-state index in [2.05, 4.69) is 20.3 Å². The molecule has 1 aromatic rings. The first-order valence-corrected chi connectivity index (χ1v) is 3.50. The SMILES string of the molecule is O=C1OCC=C1Nc1ccn[nH]1. The van der Waals surface area contributed by atoms with E-state index in [1.165, 1.54) is 0 Å².